The number of H-pyrrole nitrogens is 1. The fourth-order valence-electron chi connectivity index (χ4n) is 5.55. The van der Waals surface area contributed by atoms with Crippen LogP contribution in [0.3, 0.4) is 0 Å². The number of fused-ring (bicyclic) bond motifs is 1. The number of amides is 1. The van der Waals surface area contributed by atoms with E-state index in [0.29, 0.717) is 5.69 Å². The Morgan fingerprint density at radius 2 is 1.76 bits per heavy atom. The monoisotopic (exact) mass is 478 g/mol. The molecule has 2 N–H and O–H groups in total. The number of aromatic amines is 1. The van der Waals surface area contributed by atoms with Crippen LogP contribution in [0.2, 0.25) is 5.02 Å². The van der Waals surface area contributed by atoms with Crippen molar-refractivity contribution in [2.24, 2.45) is 5.92 Å². The lowest BCUT2D eigenvalue weighted by Gasteiger charge is -2.40. The van der Waals surface area contributed by atoms with E-state index in [2.05, 4.69) is 39.2 Å². The summed E-state index contributed by atoms with van der Waals surface area (Å²) < 4.78 is 0. The number of halogens is 1. The third-order valence-electron chi connectivity index (χ3n) is 7.82. The van der Waals surface area contributed by atoms with Gasteiger partial charge in [-0.1, -0.05) is 41.9 Å². The third kappa shape index (κ3) is 5.26. The summed E-state index contributed by atoms with van der Waals surface area (Å²) in [5.74, 6) is 0.758. The normalized spacial score (nSPS) is 23.8. The number of aromatic nitrogens is 1. The highest BCUT2D eigenvalue weighted by Gasteiger charge is 2.33. The second-order valence-corrected chi connectivity index (χ2v) is 10.7. The average molecular weight is 479 g/mol. The molecule has 2 fully saturated rings. The van der Waals surface area contributed by atoms with E-state index in [9.17, 15) is 4.79 Å². The van der Waals surface area contributed by atoms with Crippen molar-refractivity contribution < 1.29 is 4.79 Å². The summed E-state index contributed by atoms with van der Waals surface area (Å²) in [5, 5.41) is 5.25. The van der Waals surface area contributed by atoms with Crippen LogP contribution in [-0.2, 0) is 0 Å². The maximum atomic E-state index is 12.9. The van der Waals surface area contributed by atoms with Crippen molar-refractivity contribution in [2.75, 3.05) is 37.6 Å². The second-order valence-electron chi connectivity index (χ2n) is 10.3. The van der Waals surface area contributed by atoms with Crippen LogP contribution in [0.5, 0.6) is 0 Å². The summed E-state index contributed by atoms with van der Waals surface area (Å²) in [6.07, 6.45) is 5.71. The number of anilines is 1. The summed E-state index contributed by atoms with van der Waals surface area (Å²) in [6, 6.07) is 18.1. The molecule has 34 heavy (non-hydrogen) atoms. The molecule has 2 aromatic carbocycles. The fourth-order valence-corrected chi connectivity index (χ4v) is 5.81. The topological polar surface area (TPSA) is 51.4 Å². The number of para-hydroxylation sites is 2. The average Bonchev–Trinajstić information content (AvgIpc) is 3.29. The number of nitrogens with zero attached hydrogens (tertiary/aromatic N) is 2. The van der Waals surface area contributed by atoms with Crippen LogP contribution in [0.15, 0.2) is 54.6 Å². The van der Waals surface area contributed by atoms with Gasteiger partial charge in [-0.25, -0.2) is 0 Å². The maximum Gasteiger partial charge on any atom is 0.268 e. The smallest absolute Gasteiger partial charge is 0.268 e. The Balaban J connectivity index is 1.06. The van der Waals surface area contributed by atoms with Crippen LogP contribution in [0, 0.1) is 5.92 Å². The molecule has 0 unspecified atom stereocenters. The van der Waals surface area contributed by atoms with Crippen LogP contribution < -0.4 is 10.2 Å². The molecule has 5 nitrogen and oxygen atoms in total. The first kappa shape index (κ1) is 23.3. The summed E-state index contributed by atoms with van der Waals surface area (Å²) in [5.41, 5.74) is 2.70. The number of nitrogens with one attached hydrogen (secondary N) is 2. The van der Waals surface area contributed by atoms with Crippen molar-refractivity contribution in [3.05, 3.63) is 65.3 Å². The molecular weight excluding hydrogens is 444 g/mol. The van der Waals surface area contributed by atoms with Gasteiger partial charge in [-0.05, 0) is 75.8 Å². The van der Waals surface area contributed by atoms with Gasteiger partial charge in [0, 0.05) is 42.6 Å². The Morgan fingerprint density at radius 1 is 1.06 bits per heavy atom. The molecule has 1 aliphatic heterocycles. The summed E-state index contributed by atoms with van der Waals surface area (Å²) in [7, 11) is 0. The van der Waals surface area contributed by atoms with Crippen molar-refractivity contribution in [1.29, 1.82) is 0 Å². The highest BCUT2D eigenvalue weighted by molar-refractivity contribution is 6.33. The molecule has 2 heterocycles. The van der Waals surface area contributed by atoms with Gasteiger partial charge < -0.3 is 15.2 Å². The van der Waals surface area contributed by atoms with E-state index in [1.165, 1.54) is 25.8 Å². The number of hydrogen-bond donors (Lipinski definition) is 2. The predicted octanol–water partition coefficient (Wildman–Crippen LogP) is 5.71. The Labute approximate surface area is 207 Å². The van der Waals surface area contributed by atoms with E-state index < -0.39 is 0 Å². The van der Waals surface area contributed by atoms with E-state index in [4.69, 9.17) is 11.6 Å². The third-order valence-corrected chi connectivity index (χ3v) is 8.14. The van der Waals surface area contributed by atoms with Gasteiger partial charge in [-0.2, -0.15) is 0 Å². The molecule has 0 radical (unpaired) electrons. The Bertz CT molecular complexity index is 1090. The quantitative estimate of drug-likeness (QED) is 0.477. The van der Waals surface area contributed by atoms with Crippen LogP contribution in [0.25, 0.3) is 10.9 Å². The van der Waals surface area contributed by atoms with Gasteiger partial charge >= 0.3 is 0 Å². The van der Waals surface area contributed by atoms with Crippen molar-refractivity contribution in [2.45, 2.75) is 44.6 Å². The predicted molar refractivity (Wildman–Crippen MR) is 141 cm³/mol. The van der Waals surface area contributed by atoms with Gasteiger partial charge in [0.05, 0.1) is 10.7 Å². The molecule has 1 saturated carbocycles. The molecule has 0 bridgehead atoms. The molecule has 2 aliphatic rings. The minimum absolute atomic E-state index is 0.00791. The summed E-state index contributed by atoms with van der Waals surface area (Å²) >= 11 is 6.38. The molecule has 1 aliphatic carbocycles. The first-order valence-corrected chi connectivity index (χ1v) is 13.0. The van der Waals surface area contributed by atoms with Gasteiger partial charge in [0.15, 0.2) is 0 Å². The van der Waals surface area contributed by atoms with E-state index in [0.717, 1.165) is 66.6 Å². The molecule has 1 aromatic heterocycles. The van der Waals surface area contributed by atoms with E-state index >= 15 is 0 Å². The lowest BCUT2D eigenvalue weighted by Crippen LogP contribution is -2.49. The highest BCUT2D eigenvalue weighted by atomic mass is 35.5. The number of benzene rings is 2. The van der Waals surface area contributed by atoms with Gasteiger partial charge in [0.1, 0.15) is 5.69 Å². The Kier molecular flexibility index (Phi) is 6.84. The second kappa shape index (κ2) is 10.0. The molecule has 180 valence electrons. The molecule has 5 rings (SSSR count). The van der Waals surface area contributed by atoms with Gasteiger partial charge in [0.2, 0.25) is 0 Å². The van der Waals surface area contributed by atoms with Crippen LogP contribution in [0.1, 0.15) is 49.5 Å². The van der Waals surface area contributed by atoms with Crippen molar-refractivity contribution in [3.63, 3.8) is 0 Å². The van der Waals surface area contributed by atoms with Gasteiger partial charge in [-0.3, -0.25) is 9.69 Å². The van der Waals surface area contributed by atoms with Crippen LogP contribution >= 0.6 is 11.6 Å². The summed E-state index contributed by atoms with van der Waals surface area (Å²) in [4.78, 5) is 21.1. The fraction of sp³-hybridized carbons (Fsp3) is 0.464. The zero-order chi connectivity index (χ0) is 23.5. The lowest BCUT2D eigenvalue weighted by molar-refractivity contribution is 0.0856. The SMILES string of the molecule is CC1(NC(=O)c2cc3ccccc3[nH]2)CCC(CCN2CCN(c3ccccc3Cl)CC2)CC1. The summed E-state index contributed by atoms with van der Waals surface area (Å²) in [6.45, 7) is 7.63. The molecule has 3 aromatic rings. The van der Waals surface area contributed by atoms with E-state index in [1.807, 2.05) is 42.5 Å². The molecular formula is C28H35ClN4O. The number of piperazine rings is 1. The minimum atomic E-state index is -0.120. The standard InChI is InChI=1S/C28H35ClN4O/c1-28(31-27(34)25-20-22-6-2-4-8-24(22)30-25)13-10-21(11-14-28)12-15-32-16-18-33(19-17-32)26-9-5-3-7-23(26)29/h2-9,20-21,30H,10-19H2,1H3,(H,31,34). The molecule has 6 heteroatoms. The highest BCUT2D eigenvalue weighted by Crippen LogP contribution is 2.34. The van der Waals surface area contributed by atoms with E-state index in [-0.39, 0.29) is 11.4 Å². The zero-order valence-corrected chi connectivity index (χ0v) is 20.8. The van der Waals surface area contributed by atoms with Crippen molar-refractivity contribution in [1.82, 2.24) is 15.2 Å². The largest absolute Gasteiger partial charge is 0.368 e. The molecule has 1 amide bonds. The van der Waals surface area contributed by atoms with Gasteiger partial charge in [0.25, 0.3) is 5.91 Å². The van der Waals surface area contributed by atoms with Crippen LogP contribution in [0.4, 0.5) is 5.69 Å². The van der Waals surface area contributed by atoms with Gasteiger partial charge in [-0.15, -0.1) is 0 Å². The zero-order valence-electron chi connectivity index (χ0n) is 20.0. The number of carbonyl (C=O) groups excluding carboxylic acids is 1. The van der Waals surface area contributed by atoms with Crippen LogP contribution in [-0.4, -0.2) is 54.1 Å². The maximum absolute atomic E-state index is 12.9. The molecule has 0 spiro atoms. The molecule has 0 atom stereocenters. The number of carbonyl (C=O) groups is 1. The van der Waals surface area contributed by atoms with Crippen molar-refractivity contribution >= 4 is 34.1 Å². The first-order chi connectivity index (χ1) is 16.5. The molecule has 1 saturated heterocycles. The minimum Gasteiger partial charge on any atom is -0.368 e. The number of hydrogen-bond acceptors (Lipinski definition) is 3. The Hall–Kier alpha value is -2.50. The van der Waals surface area contributed by atoms with E-state index in [1.54, 1.807) is 0 Å². The van der Waals surface area contributed by atoms with Crippen molar-refractivity contribution in [3.8, 4) is 0 Å². The number of rotatable bonds is 6. The first-order valence-electron chi connectivity index (χ1n) is 12.6. The Morgan fingerprint density at radius 3 is 2.50 bits per heavy atom. The lowest BCUT2D eigenvalue weighted by atomic mass is 9.76.